The largest absolute Gasteiger partial charge is 0.480 e. The number of ether oxygens (including phenoxy) is 1. The van der Waals surface area contributed by atoms with Crippen LogP contribution in [0.1, 0.15) is 40.0 Å². The van der Waals surface area contributed by atoms with Gasteiger partial charge in [-0.25, -0.2) is 18.4 Å². The third-order valence-corrected chi connectivity index (χ3v) is 3.11. The smallest absolute Gasteiger partial charge is 0.408 e. The average Bonchev–Trinajstić information content (AvgIpc) is 2.34. The summed E-state index contributed by atoms with van der Waals surface area (Å²) in [6.07, 6.45) is -1.74. The van der Waals surface area contributed by atoms with Gasteiger partial charge in [-0.2, -0.15) is 0 Å². The summed E-state index contributed by atoms with van der Waals surface area (Å²) >= 11 is 0. The Morgan fingerprint density at radius 1 is 1.35 bits per heavy atom. The number of carboxylic acid groups (broad SMARTS) is 1. The van der Waals surface area contributed by atoms with Crippen molar-refractivity contribution in [3.8, 4) is 0 Å². The Morgan fingerprint density at radius 3 is 2.43 bits per heavy atom. The van der Waals surface area contributed by atoms with E-state index in [0.717, 1.165) is 4.90 Å². The number of likely N-dealkylation sites (tertiary alicyclic amines) is 1. The molecule has 23 heavy (non-hydrogen) atoms. The summed E-state index contributed by atoms with van der Waals surface area (Å²) in [5.74, 6) is -5.15. The van der Waals surface area contributed by atoms with E-state index in [4.69, 9.17) is 9.84 Å². The van der Waals surface area contributed by atoms with Crippen molar-refractivity contribution in [1.29, 1.82) is 0 Å². The summed E-state index contributed by atoms with van der Waals surface area (Å²) in [6.45, 7) is 4.22. The van der Waals surface area contributed by atoms with Gasteiger partial charge < -0.3 is 20.1 Å². The lowest BCUT2D eigenvalue weighted by Crippen LogP contribution is -2.50. The van der Waals surface area contributed by atoms with Crippen molar-refractivity contribution in [3.05, 3.63) is 0 Å². The van der Waals surface area contributed by atoms with Gasteiger partial charge in [0, 0.05) is 13.0 Å². The first-order chi connectivity index (χ1) is 10.4. The van der Waals surface area contributed by atoms with Crippen LogP contribution in [-0.4, -0.2) is 58.6 Å². The SMILES string of the molecule is CC(C)(C)OC(=O)N[C@H](CC(=O)N1CCCC(F)(F)C1)C(=O)O. The second kappa shape index (κ2) is 7.10. The van der Waals surface area contributed by atoms with E-state index in [1.807, 2.05) is 0 Å². The molecule has 1 rings (SSSR count). The highest BCUT2D eigenvalue weighted by Crippen LogP contribution is 2.26. The molecule has 0 unspecified atom stereocenters. The lowest BCUT2D eigenvalue weighted by molar-refractivity contribution is -0.147. The van der Waals surface area contributed by atoms with Gasteiger partial charge in [-0.3, -0.25) is 4.79 Å². The van der Waals surface area contributed by atoms with Crippen molar-refractivity contribution < 1.29 is 33.0 Å². The molecule has 0 aromatic carbocycles. The number of aliphatic carboxylic acids is 1. The minimum atomic E-state index is -2.97. The Bertz CT molecular complexity index is 476. The fourth-order valence-electron chi connectivity index (χ4n) is 2.13. The van der Waals surface area contributed by atoms with Crippen LogP contribution in [0.15, 0.2) is 0 Å². The summed E-state index contributed by atoms with van der Waals surface area (Å²) in [4.78, 5) is 35.7. The molecule has 0 radical (unpaired) electrons. The van der Waals surface area contributed by atoms with Gasteiger partial charge in [0.05, 0.1) is 13.0 Å². The maximum absolute atomic E-state index is 13.3. The zero-order valence-electron chi connectivity index (χ0n) is 13.4. The number of carbonyl (C=O) groups is 3. The molecule has 132 valence electrons. The normalized spacial score (nSPS) is 18.9. The Labute approximate surface area is 133 Å². The predicted octanol–water partition coefficient (Wildman–Crippen LogP) is 1.61. The molecule has 9 heteroatoms. The number of alkyl halides is 2. The van der Waals surface area contributed by atoms with E-state index >= 15 is 0 Å². The number of carboxylic acids is 1. The third kappa shape index (κ3) is 6.79. The predicted molar refractivity (Wildman–Crippen MR) is 76.2 cm³/mol. The molecule has 2 N–H and O–H groups in total. The van der Waals surface area contributed by atoms with E-state index in [0.29, 0.717) is 0 Å². The minimum absolute atomic E-state index is 0.146. The first-order valence-corrected chi connectivity index (χ1v) is 7.27. The average molecular weight is 336 g/mol. The molecule has 7 nitrogen and oxygen atoms in total. The van der Waals surface area contributed by atoms with Gasteiger partial charge in [0.1, 0.15) is 11.6 Å². The monoisotopic (exact) mass is 336 g/mol. The first-order valence-electron chi connectivity index (χ1n) is 7.27. The van der Waals surface area contributed by atoms with Crippen LogP contribution < -0.4 is 5.32 Å². The van der Waals surface area contributed by atoms with Crippen LogP contribution in [0.4, 0.5) is 13.6 Å². The fourth-order valence-corrected chi connectivity index (χ4v) is 2.13. The van der Waals surface area contributed by atoms with Crippen molar-refractivity contribution in [2.45, 2.75) is 57.6 Å². The number of halogens is 2. The molecular weight excluding hydrogens is 314 g/mol. The third-order valence-electron chi connectivity index (χ3n) is 3.11. The molecule has 0 bridgehead atoms. The number of nitrogens with zero attached hydrogens (tertiary/aromatic N) is 1. The van der Waals surface area contributed by atoms with Crippen LogP contribution in [0.5, 0.6) is 0 Å². The minimum Gasteiger partial charge on any atom is -0.480 e. The molecule has 0 aromatic rings. The standard InChI is InChI=1S/C14H22F2N2O5/c1-13(2,3)23-12(22)17-9(11(20)21)7-10(19)18-6-4-5-14(15,16)8-18/h9H,4-8H2,1-3H3,(H,17,22)(H,20,21)/t9-/m1/s1. The van der Waals surface area contributed by atoms with Gasteiger partial charge in [-0.05, 0) is 27.2 Å². The van der Waals surface area contributed by atoms with Crippen molar-refractivity contribution in [3.63, 3.8) is 0 Å². The maximum Gasteiger partial charge on any atom is 0.408 e. The summed E-state index contributed by atoms with van der Waals surface area (Å²) in [5, 5.41) is 11.1. The number of piperidine rings is 1. The van der Waals surface area contributed by atoms with Crippen LogP contribution in [-0.2, 0) is 14.3 Å². The number of rotatable bonds is 4. The Hall–Kier alpha value is -1.93. The van der Waals surface area contributed by atoms with Gasteiger partial charge >= 0.3 is 12.1 Å². The Balaban J connectivity index is 2.63. The van der Waals surface area contributed by atoms with Gasteiger partial charge in [0.15, 0.2) is 0 Å². The van der Waals surface area contributed by atoms with Crippen LogP contribution in [0, 0.1) is 0 Å². The summed E-state index contributed by atoms with van der Waals surface area (Å²) in [7, 11) is 0. The van der Waals surface area contributed by atoms with Crippen molar-refractivity contribution in [2.75, 3.05) is 13.1 Å². The highest BCUT2D eigenvalue weighted by atomic mass is 19.3. The second-order valence-electron chi connectivity index (χ2n) is 6.52. The molecular formula is C14H22F2N2O5. The number of nitrogens with one attached hydrogen (secondary N) is 1. The first kappa shape index (κ1) is 19.1. The zero-order valence-corrected chi connectivity index (χ0v) is 13.4. The topological polar surface area (TPSA) is 95.9 Å². The van der Waals surface area contributed by atoms with Crippen LogP contribution in [0.25, 0.3) is 0 Å². The number of alkyl carbamates (subject to hydrolysis) is 1. The number of carbonyl (C=O) groups excluding carboxylic acids is 2. The highest BCUT2D eigenvalue weighted by molar-refractivity contribution is 5.87. The summed E-state index contributed by atoms with van der Waals surface area (Å²) < 4.78 is 31.5. The molecule has 1 fully saturated rings. The van der Waals surface area contributed by atoms with Gasteiger partial charge in [-0.1, -0.05) is 0 Å². The summed E-state index contributed by atoms with van der Waals surface area (Å²) in [5.41, 5.74) is -0.827. The van der Waals surface area contributed by atoms with E-state index < -0.39 is 48.5 Å². The van der Waals surface area contributed by atoms with E-state index in [1.165, 1.54) is 0 Å². The molecule has 1 heterocycles. The number of hydrogen-bond donors (Lipinski definition) is 2. The highest BCUT2D eigenvalue weighted by Gasteiger charge is 2.38. The number of hydrogen-bond acceptors (Lipinski definition) is 4. The van der Waals surface area contributed by atoms with Crippen LogP contribution in [0.3, 0.4) is 0 Å². The quantitative estimate of drug-likeness (QED) is 0.813. The van der Waals surface area contributed by atoms with Crippen molar-refractivity contribution in [2.24, 2.45) is 0 Å². The summed E-state index contributed by atoms with van der Waals surface area (Å²) in [6, 6.07) is -1.53. The molecule has 2 amide bonds. The maximum atomic E-state index is 13.3. The van der Waals surface area contributed by atoms with E-state index in [1.54, 1.807) is 20.8 Å². The molecule has 0 saturated carbocycles. The fraction of sp³-hybridized carbons (Fsp3) is 0.786. The van der Waals surface area contributed by atoms with E-state index in [2.05, 4.69) is 5.32 Å². The molecule has 1 aliphatic heterocycles. The van der Waals surface area contributed by atoms with E-state index in [-0.39, 0.29) is 19.4 Å². The zero-order chi connectivity index (χ0) is 17.8. The Morgan fingerprint density at radius 2 is 1.96 bits per heavy atom. The van der Waals surface area contributed by atoms with E-state index in [9.17, 15) is 23.2 Å². The Kier molecular flexibility index (Phi) is 5.90. The molecule has 0 aromatic heterocycles. The molecule has 1 saturated heterocycles. The van der Waals surface area contributed by atoms with Crippen molar-refractivity contribution >= 4 is 18.0 Å². The van der Waals surface area contributed by atoms with Crippen LogP contribution >= 0.6 is 0 Å². The lowest BCUT2D eigenvalue weighted by atomic mass is 10.1. The molecule has 0 aliphatic carbocycles. The van der Waals surface area contributed by atoms with Crippen molar-refractivity contribution in [1.82, 2.24) is 10.2 Å². The molecule has 1 atom stereocenters. The van der Waals surface area contributed by atoms with Gasteiger partial charge in [-0.15, -0.1) is 0 Å². The molecule has 0 spiro atoms. The van der Waals surface area contributed by atoms with Gasteiger partial charge in [0.25, 0.3) is 5.92 Å². The van der Waals surface area contributed by atoms with Gasteiger partial charge in [0.2, 0.25) is 5.91 Å². The number of amides is 2. The lowest BCUT2D eigenvalue weighted by Gasteiger charge is -2.33. The molecule has 1 aliphatic rings. The second-order valence-corrected chi connectivity index (χ2v) is 6.52. The van der Waals surface area contributed by atoms with Crippen LogP contribution in [0.2, 0.25) is 0 Å².